The Balaban J connectivity index is 1.72. The van der Waals surface area contributed by atoms with Crippen LogP contribution in [0.1, 0.15) is 65.2 Å². The third kappa shape index (κ3) is 5.28. The molecule has 21 heavy (non-hydrogen) atoms. The van der Waals surface area contributed by atoms with Crippen LogP contribution < -0.4 is 0 Å². The molecule has 0 amide bonds. The minimum absolute atomic E-state index is 0.0806. The standard InChI is InChI=1S/C18H33NO2/c1-3-8-17(16-9-4-5-10-16)18(20)21-14-15(2)13-19-11-6-7-12-19/h15-17H,3-14H2,1-2H3/t15-,17-/m0/s1. The monoisotopic (exact) mass is 295 g/mol. The number of carbonyl (C=O) groups is 1. The molecule has 122 valence electrons. The summed E-state index contributed by atoms with van der Waals surface area (Å²) >= 11 is 0. The molecule has 0 aromatic rings. The van der Waals surface area contributed by atoms with Gasteiger partial charge in [-0.15, -0.1) is 0 Å². The molecule has 3 nitrogen and oxygen atoms in total. The zero-order valence-corrected chi connectivity index (χ0v) is 14.0. The van der Waals surface area contributed by atoms with Gasteiger partial charge in [0.15, 0.2) is 0 Å². The molecule has 1 saturated carbocycles. The van der Waals surface area contributed by atoms with Crippen molar-refractivity contribution in [3.63, 3.8) is 0 Å². The predicted molar refractivity (Wildman–Crippen MR) is 86.2 cm³/mol. The highest BCUT2D eigenvalue weighted by atomic mass is 16.5. The summed E-state index contributed by atoms with van der Waals surface area (Å²) in [5, 5.41) is 0. The van der Waals surface area contributed by atoms with Crippen molar-refractivity contribution in [3.8, 4) is 0 Å². The van der Waals surface area contributed by atoms with Crippen LogP contribution in [0.4, 0.5) is 0 Å². The first-order valence-electron chi connectivity index (χ1n) is 9.09. The largest absolute Gasteiger partial charge is 0.465 e. The first-order chi connectivity index (χ1) is 10.2. The van der Waals surface area contributed by atoms with Crippen LogP contribution in [0.15, 0.2) is 0 Å². The van der Waals surface area contributed by atoms with Crippen LogP contribution in [0.5, 0.6) is 0 Å². The van der Waals surface area contributed by atoms with Crippen LogP contribution >= 0.6 is 0 Å². The normalized spacial score (nSPS) is 23.3. The molecule has 0 spiro atoms. The van der Waals surface area contributed by atoms with E-state index in [0.29, 0.717) is 18.4 Å². The van der Waals surface area contributed by atoms with Gasteiger partial charge in [-0.1, -0.05) is 33.1 Å². The fourth-order valence-corrected chi connectivity index (χ4v) is 4.01. The average Bonchev–Trinajstić information content (AvgIpc) is 3.15. The summed E-state index contributed by atoms with van der Waals surface area (Å²) in [6.45, 7) is 8.50. The van der Waals surface area contributed by atoms with Crippen LogP contribution in [0.3, 0.4) is 0 Å². The summed E-state index contributed by atoms with van der Waals surface area (Å²) in [6, 6.07) is 0. The maximum Gasteiger partial charge on any atom is 0.309 e. The Bertz CT molecular complexity index is 306. The van der Waals surface area contributed by atoms with E-state index in [4.69, 9.17) is 4.74 Å². The van der Waals surface area contributed by atoms with Crippen molar-refractivity contribution >= 4 is 5.97 Å². The summed E-state index contributed by atoms with van der Waals surface area (Å²) in [5.41, 5.74) is 0. The summed E-state index contributed by atoms with van der Waals surface area (Å²) in [7, 11) is 0. The van der Waals surface area contributed by atoms with Crippen LogP contribution in [-0.2, 0) is 9.53 Å². The third-order valence-electron chi connectivity index (χ3n) is 5.15. The summed E-state index contributed by atoms with van der Waals surface area (Å²) in [6.07, 6.45) is 9.78. The highest BCUT2D eigenvalue weighted by Crippen LogP contribution is 2.34. The van der Waals surface area contributed by atoms with Gasteiger partial charge in [-0.25, -0.2) is 0 Å². The Hall–Kier alpha value is -0.570. The molecule has 0 N–H and O–H groups in total. The third-order valence-corrected chi connectivity index (χ3v) is 5.15. The summed E-state index contributed by atoms with van der Waals surface area (Å²) in [4.78, 5) is 14.9. The molecule has 0 unspecified atom stereocenters. The number of esters is 1. The molecule has 0 aromatic heterocycles. The summed E-state index contributed by atoms with van der Waals surface area (Å²) < 4.78 is 5.68. The van der Waals surface area contributed by atoms with Crippen molar-refractivity contribution in [1.82, 2.24) is 4.90 Å². The van der Waals surface area contributed by atoms with Gasteiger partial charge < -0.3 is 9.64 Å². The van der Waals surface area contributed by atoms with Crippen LogP contribution in [0.25, 0.3) is 0 Å². The quantitative estimate of drug-likeness (QED) is 0.637. The van der Waals surface area contributed by atoms with Gasteiger partial charge in [0.05, 0.1) is 12.5 Å². The average molecular weight is 295 g/mol. The van der Waals surface area contributed by atoms with Crippen molar-refractivity contribution in [2.24, 2.45) is 17.8 Å². The second-order valence-corrected chi connectivity index (χ2v) is 7.18. The summed E-state index contributed by atoms with van der Waals surface area (Å²) in [5.74, 6) is 1.29. The molecule has 2 aliphatic rings. The lowest BCUT2D eigenvalue weighted by molar-refractivity contribution is -0.152. The van der Waals surface area contributed by atoms with Crippen molar-refractivity contribution in [2.75, 3.05) is 26.2 Å². The predicted octanol–water partition coefficient (Wildman–Crippen LogP) is 3.87. The SMILES string of the molecule is CCC[C@H](C(=O)OC[C@@H](C)CN1CCCC1)C1CCCC1. The van der Waals surface area contributed by atoms with Gasteiger partial charge in [-0.3, -0.25) is 4.79 Å². The molecule has 2 atom stereocenters. The molecule has 1 heterocycles. The molecule has 0 radical (unpaired) electrons. The van der Waals surface area contributed by atoms with E-state index in [1.54, 1.807) is 0 Å². The van der Waals surface area contributed by atoms with Gasteiger partial charge >= 0.3 is 5.97 Å². The highest BCUT2D eigenvalue weighted by molar-refractivity contribution is 5.72. The van der Waals surface area contributed by atoms with Crippen LogP contribution in [0.2, 0.25) is 0 Å². The van der Waals surface area contributed by atoms with Crippen molar-refractivity contribution in [2.45, 2.75) is 65.2 Å². The number of rotatable bonds is 8. The number of likely N-dealkylation sites (tertiary alicyclic amines) is 1. The zero-order valence-electron chi connectivity index (χ0n) is 14.0. The van der Waals surface area contributed by atoms with E-state index in [9.17, 15) is 4.79 Å². The van der Waals surface area contributed by atoms with Gasteiger partial charge in [0.1, 0.15) is 0 Å². The Morgan fingerprint density at radius 3 is 2.48 bits per heavy atom. The second-order valence-electron chi connectivity index (χ2n) is 7.18. The lowest BCUT2D eigenvalue weighted by Crippen LogP contribution is -2.30. The molecule has 3 heteroatoms. The molecule has 1 saturated heterocycles. The van der Waals surface area contributed by atoms with Crippen molar-refractivity contribution in [1.29, 1.82) is 0 Å². The molecular formula is C18H33NO2. The van der Waals surface area contributed by atoms with E-state index >= 15 is 0 Å². The lowest BCUT2D eigenvalue weighted by Gasteiger charge is -2.24. The number of hydrogen-bond donors (Lipinski definition) is 0. The number of carbonyl (C=O) groups excluding carboxylic acids is 1. The van der Waals surface area contributed by atoms with E-state index in [1.807, 2.05) is 0 Å². The molecule has 2 rings (SSSR count). The molecule has 1 aliphatic heterocycles. The zero-order chi connectivity index (χ0) is 15.1. The molecular weight excluding hydrogens is 262 g/mol. The van der Waals surface area contributed by atoms with E-state index in [-0.39, 0.29) is 11.9 Å². The minimum atomic E-state index is 0.0806. The molecule has 1 aliphatic carbocycles. The topological polar surface area (TPSA) is 29.5 Å². The first-order valence-corrected chi connectivity index (χ1v) is 9.09. The van der Waals surface area contributed by atoms with Crippen LogP contribution in [-0.4, -0.2) is 37.1 Å². The molecule has 2 fully saturated rings. The Morgan fingerprint density at radius 2 is 1.86 bits per heavy atom. The number of ether oxygens (including phenoxy) is 1. The van der Waals surface area contributed by atoms with E-state index < -0.39 is 0 Å². The first kappa shape index (κ1) is 16.8. The molecule has 0 aromatic carbocycles. The number of hydrogen-bond acceptors (Lipinski definition) is 3. The fourth-order valence-electron chi connectivity index (χ4n) is 4.01. The maximum absolute atomic E-state index is 12.4. The van der Waals surface area contributed by atoms with Gasteiger partial charge in [0.2, 0.25) is 0 Å². The number of nitrogens with zero attached hydrogens (tertiary/aromatic N) is 1. The van der Waals surface area contributed by atoms with E-state index in [0.717, 1.165) is 19.4 Å². The molecule has 0 bridgehead atoms. The van der Waals surface area contributed by atoms with Gasteiger partial charge in [0.25, 0.3) is 0 Å². The van der Waals surface area contributed by atoms with Gasteiger partial charge in [-0.2, -0.15) is 0 Å². The fraction of sp³-hybridized carbons (Fsp3) is 0.944. The van der Waals surface area contributed by atoms with E-state index in [1.165, 1.54) is 51.6 Å². The van der Waals surface area contributed by atoms with Gasteiger partial charge in [0, 0.05) is 12.5 Å². The second kappa shape index (κ2) is 8.77. The van der Waals surface area contributed by atoms with Gasteiger partial charge in [-0.05, 0) is 51.1 Å². The Kier molecular flexibility index (Phi) is 7.01. The Labute approximate surface area is 130 Å². The van der Waals surface area contributed by atoms with Crippen molar-refractivity contribution in [3.05, 3.63) is 0 Å². The van der Waals surface area contributed by atoms with E-state index in [2.05, 4.69) is 18.7 Å². The van der Waals surface area contributed by atoms with Crippen LogP contribution in [0, 0.1) is 17.8 Å². The smallest absolute Gasteiger partial charge is 0.309 e. The highest BCUT2D eigenvalue weighted by Gasteiger charge is 2.31. The Morgan fingerprint density at radius 1 is 1.19 bits per heavy atom. The van der Waals surface area contributed by atoms with Crippen molar-refractivity contribution < 1.29 is 9.53 Å². The maximum atomic E-state index is 12.4. The lowest BCUT2D eigenvalue weighted by atomic mass is 9.87. The minimum Gasteiger partial charge on any atom is -0.465 e.